The fourth-order valence-corrected chi connectivity index (χ4v) is 10.6. The van der Waals surface area contributed by atoms with Crippen LogP contribution in [0.2, 0.25) is 0 Å². The highest BCUT2D eigenvalue weighted by atomic mass is 16.6. The van der Waals surface area contributed by atoms with Gasteiger partial charge >= 0.3 is 11.9 Å². The summed E-state index contributed by atoms with van der Waals surface area (Å²) in [5, 5.41) is 15.1. The Kier molecular flexibility index (Phi) is 7.51. The van der Waals surface area contributed by atoms with Crippen molar-refractivity contribution in [2.24, 2.45) is 46.3 Å². The monoisotopic (exact) mass is 531 g/mol. The van der Waals surface area contributed by atoms with E-state index in [9.17, 15) is 14.7 Å². The van der Waals surface area contributed by atoms with Crippen molar-refractivity contribution in [1.29, 1.82) is 0 Å². The second-order valence-electron chi connectivity index (χ2n) is 15.0. The van der Waals surface area contributed by atoms with E-state index in [4.69, 9.17) is 9.47 Å². The number of carbonyl (C=O) groups is 2. The Labute approximate surface area is 230 Å². The van der Waals surface area contributed by atoms with Gasteiger partial charge in [-0.3, -0.25) is 9.59 Å². The van der Waals surface area contributed by atoms with E-state index in [1.165, 1.54) is 32.8 Å². The molecule has 5 fully saturated rings. The van der Waals surface area contributed by atoms with Crippen LogP contribution in [0.15, 0.2) is 0 Å². The van der Waals surface area contributed by atoms with Gasteiger partial charge in [0.05, 0.1) is 12.7 Å². The molecule has 1 aliphatic heterocycles. The largest absolute Gasteiger partial charge is 0.468 e. The Hall–Kier alpha value is -1.14. The molecule has 5 aliphatic rings. The number of carbonyl (C=O) groups excluding carboxylic acids is 2. The third-order valence-corrected chi connectivity index (χ3v) is 12.7. The minimum Gasteiger partial charge on any atom is -0.468 e. The van der Waals surface area contributed by atoms with Crippen LogP contribution in [0.4, 0.5) is 0 Å². The van der Waals surface area contributed by atoms with Crippen molar-refractivity contribution < 1.29 is 24.2 Å². The van der Waals surface area contributed by atoms with Crippen molar-refractivity contribution in [3.63, 3.8) is 0 Å². The van der Waals surface area contributed by atoms with Crippen molar-refractivity contribution in [2.75, 3.05) is 13.7 Å². The summed E-state index contributed by atoms with van der Waals surface area (Å²) in [7, 11) is 1.44. The van der Waals surface area contributed by atoms with Gasteiger partial charge in [0.15, 0.2) is 0 Å². The highest BCUT2D eigenvalue weighted by molar-refractivity contribution is 5.75. The van der Waals surface area contributed by atoms with Crippen LogP contribution in [0, 0.1) is 46.3 Å². The van der Waals surface area contributed by atoms with Crippen LogP contribution in [0.5, 0.6) is 0 Å². The first-order chi connectivity index (χ1) is 17.9. The lowest BCUT2D eigenvalue weighted by Gasteiger charge is -2.63. The summed E-state index contributed by atoms with van der Waals surface area (Å²) in [5.74, 6) is 3.13. The average Bonchev–Trinajstić information content (AvgIpc) is 3.16. The van der Waals surface area contributed by atoms with Crippen LogP contribution >= 0.6 is 0 Å². The molecular weight excluding hydrogens is 478 g/mol. The molecular formula is C32H53NO5. The minimum atomic E-state index is -0.771. The number of ether oxygens (including phenoxy) is 2. The smallest absolute Gasteiger partial charge is 0.322 e. The molecule has 1 saturated heterocycles. The lowest BCUT2D eigenvalue weighted by Crippen LogP contribution is -2.61. The third kappa shape index (κ3) is 4.44. The first kappa shape index (κ1) is 28.4. The normalized spacial score (nSPS) is 47.2. The molecule has 0 unspecified atom stereocenters. The summed E-state index contributed by atoms with van der Waals surface area (Å²) < 4.78 is 11.4. The minimum absolute atomic E-state index is 0.0192. The summed E-state index contributed by atoms with van der Waals surface area (Å²) in [5.41, 5.74) is -0.695. The van der Waals surface area contributed by atoms with E-state index in [-0.39, 0.29) is 34.4 Å². The van der Waals surface area contributed by atoms with Gasteiger partial charge in [0.2, 0.25) is 0 Å². The lowest BCUT2D eigenvalue weighted by atomic mass is 9.43. The van der Waals surface area contributed by atoms with Crippen LogP contribution in [0.3, 0.4) is 0 Å². The number of fused-ring (bicyclic) bond motifs is 6. The van der Waals surface area contributed by atoms with Crippen molar-refractivity contribution in [3.8, 4) is 0 Å². The topological polar surface area (TPSA) is 84.9 Å². The Balaban J connectivity index is 1.28. The summed E-state index contributed by atoms with van der Waals surface area (Å²) in [6, 6.07) is -0.366. The van der Waals surface area contributed by atoms with Gasteiger partial charge in [0.1, 0.15) is 11.6 Å². The number of nitrogens with one attached hydrogen (secondary N) is 1. The number of aliphatic hydroxyl groups is 1. The predicted octanol–water partition coefficient (Wildman–Crippen LogP) is 5.65. The molecule has 4 saturated carbocycles. The Morgan fingerprint density at radius 3 is 2.53 bits per heavy atom. The van der Waals surface area contributed by atoms with E-state index < -0.39 is 5.60 Å². The van der Waals surface area contributed by atoms with Crippen LogP contribution < -0.4 is 5.32 Å². The molecule has 0 radical (unpaired) electrons. The highest BCUT2D eigenvalue weighted by Gasteiger charge is 2.68. The Morgan fingerprint density at radius 1 is 1.08 bits per heavy atom. The standard InChI is InChI=1S/C32H53NO5/c1-20(2)17-26(28(35)37-6)33-19-31(36)16-15-29(4)22(18-31)8-9-23-24(29)11-13-30(5)25(23)12-14-32(30)21(3)7-10-27(34)38-32/h20-26,33,36H,7-19H2,1-6H3/t21-,22-,23-,24+,25+,26+,29+,30+,31-,32+/m1/s1. The number of esters is 2. The number of methoxy groups -OCH3 is 1. The quantitative estimate of drug-likeness (QED) is 0.431. The predicted molar refractivity (Wildman–Crippen MR) is 147 cm³/mol. The van der Waals surface area contributed by atoms with E-state index in [2.05, 4.69) is 39.9 Å². The van der Waals surface area contributed by atoms with Gasteiger partial charge in [-0.05, 0) is 112 Å². The molecule has 1 heterocycles. The van der Waals surface area contributed by atoms with E-state index in [1.807, 2.05) is 0 Å². The highest BCUT2D eigenvalue weighted by Crippen LogP contribution is 2.71. The number of hydrogen-bond acceptors (Lipinski definition) is 6. The van der Waals surface area contributed by atoms with Gasteiger partial charge in [-0.1, -0.05) is 34.6 Å². The molecule has 0 aromatic rings. The van der Waals surface area contributed by atoms with Crippen molar-refractivity contribution in [2.45, 2.75) is 129 Å². The van der Waals surface area contributed by atoms with Gasteiger partial charge in [0, 0.05) is 18.4 Å². The third-order valence-electron chi connectivity index (χ3n) is 12.7. The van der Waals surface area contributed by atoms with Crippen LogP contribution in [0.25, 0.3) is 0 Å². The molecule has 2 N–H and O–H groups in total. The average molecular weight is 532 g/mol. The fourth-order valence-electron chi connectivity index (χ4n) is 10.6. The molecule has 0 bridgehead atoms. The van der Waals surface area contributed by atoms with Crippen molar-refractivity contribution in [1.82, 2.24) is 5.32 Å². The van der Waals surface area contributed by atoms with Gasteiger partial charge in [-0.2, -0.15) is 0 Å². The maximum absolute atomic E-state index is 12.5. The van der Waals surface area contributed by atoms with Crippen LogP contribution in [-0.4, -0.2) is 47.9 Å². The van der Waals surface area contributed by atoms with Gasteiger partial charge < -0.3 is 19.9 Å². The first-order valence-corrected chi connectivity index (χ1v) is 15.6. The molecule has 0 aromatic carbocycles. The van der Waals surface area contributed by atoms with E-state index in [0.29, 0.717) is 54.9 Å². The molecule has 10 atom stereocenters. The molecule has 1 spiro atoms. The molecule has 0 aromatic heterocycles. The Morgan fingerprint density at radius 2 is 1.82 bits per heavy atom. The zero-order valence-electron chi connectivity index (χ0n) is 24.8. The summed E-state index contributed by atoms with van der Waals surface area (Å²) >= 11 is 0. The summed E-state index contributed by atoms with van der Waals surface area (Å²) in [6.45, 7) is 12.0. The Bertz CT molecular complexity index is 922. The molecule has 4 aliphatic carbocycles. The zero-order valence-corrected chi connectivity index (χ0v) is 24.8. The lowest BCUT2D eigenvalue weighted by molar-refractivity contribution is -0.215. The first-order valence-electron chi connectivity index (χ1n) is 15.6. The maximum Gasteiger partial charge on any atom is 0.322 e. The second-order valence-corrected chi connectivity index (χ2v) is 15.0. The molecule has 6 heteroatoms. The molecule has 5 rings (SSSR count). The molecule has 0 amide bonds. The van der Waals surface area contributed by atoms with Gasteiger partial charge in [-0.15, -0.1) is 0 Å². The van der Waals surface area contributed by atoms with Crippen LogP contribution in [-0.2, 0) is 19.1 Å². The number of hydrogen-bond donors (Lipinski definition) is 2. The second kappa shape index (κ2) is 10.0. The van der Waals surface area contributed by atoms with E-state index in [0.717, 1.165) is 38.5 Å². The van der Waals surface area contributed by atoms with Gasteiger partial charge in [0.25, 0.3) is 0 Å². The van der Waals surface area contributed by atoms with E-state index in [1.54, 1.807) is 0 Å². The zero-order chi connectivity index (χ0) is 27.5. The molecule has 6 nitrogen and oxygen atoms in total. The van der Waals surface area contributed by atoms with E-state index >= 15 is 0 Å². The molecule has 216 valence electrons. The SMILES string of the molecule is COC(=O)[C@H](CC(C)C)NC[C@@]1(O)CC[C@@]2(C)[C@H](CC[C@@H]3[C@@H]2CC[C@@]2(C)[C@H]3CC[C@@]23OC(=O)CC[C@H]3C)C1. The fraction of sp³-hybridized carbons (Fsp3) is 0.938. The van der Waals surface area contributed by atoms with Crippen molar-refractivity contribution >= 4 is 11.9 Å². The maximum atomic E-state index is 12.5. The van der Waals surface area contributed by atoms with Crippen LogP contribution in [0.1, 0.15) is 112 Å². The number of rotatable bonds is 6. The van der Waals surface area contributed by atoms with Crippen molar-refractivity contribution in [3.05, 3.63) is 0 Å². The van der Waals surface area contributed by atoms with Gasteiger partial charge in [-0.25, -0.2) is 0 Å². The molecule has 38 heavy (non-hydrogen) atoms. The summed E-state index contributed by atoms with van der Waals surface area (Å²) in [6.07, 6.45) is 11.9. The summed E-state index contributed by atoms with van der Waals surface area (Å²) in [4.78, 5) is 24.8.